The molecule has 1 heterocycles. The van der Waals surface area contributed by atoms with Gasteiger partial charge in [-0.3, -0.25) is 0 Å². The van der Waals surface area contributed by atoms with Crippen LogP contribution < -0.4 is 5.32 Å². The molecule has 3 nitrogen and oxygen atoms in total. The molecule has 0 aromatic carbocycles. The third kappa shape index (κ3) is 6.17. The van der Waals surface area contributed by atoms with Gasteiger partial charge in [-0.05, 0) is 58.4 Å². The number of hydrogen-bond donors (Lipinski definition) is 1. The van der Waals surface area contributed by atoms with Gasteiger partial charge in [-0.1, -0.05) is 6.92 Å². The predicted molar refractivity (Wildman–Crippen MR) is 75.9 cm³/mol. The summed E-state index contributed by atoms with van der Waals surface area (Å²) in [5, 5.41) is 3.69. The van der Waals surface area contributed by atoms with E-state index in [1.165, 1.54) is 25.7 Å². The van der Waals surface area contributed by atoms with Crippen LogP contribution in [-0.2, 0) is 9.47 Å². The SMILES string of the molecule is CCCNC(CC1CCOCC1)CC(C)(C)OC. The third-order valence-corrected chi connectivity index (χ3v) is 3.93. The standard InChI is InChI=1S/C15H31NO2/c1-5-8-16-14(12-15(2,3)17-4)11-13-6-9-18-10-7-13/h13-14,16H,5-12H2,1-4H3. The molecule has 1 unspecified atom stereocenters. The summed E-state index contributed by atoms with van der Waals surface area (Å²) in [6.45, 7) is 9.57. The number of hydrogen-bond acceptors (Lipinski definition) is 3. The van der Waals surface area contributed by atoms with Gasteiger partial charge in [0.25, 0.3) is 0 Å². The third-order valence-electron chi connectivity index (χ3n) is 3.93. The van der Waals surface area contributed by atoms with E-state index in [0.717, 1.165) is 32.1 Å². The summed E-state index contributed by atoms with van der Waals surface area (Å²) in [7, 11) is 1.81. The van der Waals surface area contributed by atoms with Crippen molar-refractivity contribution in [1.82, 2.24) is 5.32 Å². The van der Waals surface area contributed by atoms with Crippen LogP contribution in [0.1, 0.15) is 52.9 Å². The average molecular weight is 257 g/mol. The summed E-state index contributed by atoms with van der Waals surface area (Å²) in [6.07, 6.45) is 5.98. The molecular formula is C15H31NO2. The summed E-state index contributed by atoms with van der Waals surface area (Å²) in [5.41, 5.74) is -0.0312. The Balaban J connectivity index is 2.43. The second-order valence-corrected chi connectivity index (χ2v) is 6.11. The predicted octanol–water partition coefficient (Wildman–Crippen LogP) is 2.99. The topological polar surface area (TPSA) is 30.5 Å². The molecular weight excluding hydrogens is 226 g/mol. The molecule has 1 atom stereocenters. The fraction of sp³-hybridized carbons (Fsp3) is 1.00. The van der Waals surface area contributed by atoms with Crippen LogP contribution in [0, 0.1) is 5.92 Å². The van der Waals surface area contributed by atoms with Gasteiger partial charge in [-0.2, -0.15) is 0 Å². The Morgan fingerprint density at radius 3 is 2.56 bits per heavy atom. The molecule has 1 N–H and O–H groups in total. The highest BCUT2D eigenvalue weighted by atomic mass is 16.5. The molecule has 0 spiro atoms. The Morgan fingerprint density at radius 1 is 1.33 bits per heavy atom. The number of methoxy groups -OCH3 is 1. The monoisotopic (exact) mass is 257 g/mol. The highest BCUT2D eigenvalue weighted by Gasteiger charge is 2.25. The van der Waals surface area contributed by atoms with Crippen LogP contribution in [0.15, 0.2) is 0 Å². The lowest BCUT2D eigenvalue weighted by molar-refractivity contribution is 0.00152. The summed E-state index contributed by atoms with van der Waals surface area (Å²) in [4.78, 5) is 0. The zero-order chi connectivity index (χ0) is 13.4. The van der Waals surface area contributed by atoms with Crippen molar-refractivity contribution in [1.29, 1.82) is 0 Å². The van der Waals surface area contributed by atoms with Crippen LogP contribution in [0.5, 0.6) is 0 Å². The van der Waals surface area contributed by atoms with Crippen LogP contribution in [0.3, 0.4) is 0 Å². The zero-order valence-corrected chi connectivity index (χ0v) is 12.6. The molecule has 0 radical (unpaired) electrons. The molecule has 0 aromatic rings. The van der Waals surface area contributed by atoms with Gasteiger partial charge in [0.15, 0.2) is 0 Å². The maximum absolute atomic E-state index is 5.57. The minimum absolute atomic E-state index is 0.0312. The maximum atomic E-state index is 5.57. The van der Waals surface area contributed by atoms with Crippen LogP contribution in [0.4, 0.5) is 0 Å². The number of nitrogens with one attached hydrogen (secondary N) is 1. The van der Waals surface area contributed by atoms with Crippen molar-refractivity contribution in [3.8, 4) is 0 Å². The van der Waals surface area contributed by atoms with Crippen molar-refractivity contribution in [3.63, 3.8) is 0 Å². The summed E-state index contributed by atoms with van der Waals surface area (Å²) < 4.78 is 11.0. The second-order valence-electron chi connectivity index (χ2n) is 6.11. The van der Waals surface area contributed by atoms with E-state index < -0.39 is 0 Å². The van der Waals surface area contributed by atoms with Gasteiger partial charge in [0.2, 0.25) is 0 Å². The van der Waals surface area contributed by atoms with E-state index in [0.29, 0.717) is 6.04 Å². The van der Waals surface area contributed by atoms with E-state index in [9.17, 15) is 0 Å². The average Bonchev–Trinajstić information content (AvgIpc) is 2.37. The van der Waals surface area contributed by atoms with Gasteiger partial charge >= 0.3 is 0 Å². The molecule has 1 aliphatic heterocycles. The van der Waals surface area contributed by atoms with Gasteiger partial charge in [0, 0.05) is 26.4 Å². The maximum Gasteiger partial charge on any atom is 0.0637 e. The van der Waals surface area contributed by atoms with Crippen molar-refractivity contribution in [2.24, 2.45) is 5.92 Å². The fourth-order valence-corrected chi connectivity index (χ4v) is 2.65. The molecule has 0 saturated carbocycles. The van der Waals surface area contributed by atoms with Crippen LogP contribution >= 0.6 is 0 Å². The normalized spacial score (nSPS) is 20.0. The molecule has 0 amide bonds. The molecule has 3 heteroatoms. The molecule has 1 aliphatic rings. The van der Waals surface area contributed by atoms with Crippen LogP contribution in [0.25, 0.3) is 0 Å². The smallest absolute Gasteiger partial charge is 0.0637 e. The Labute approximate surface area is 113 Å². The first kappa shape index (κ1) is 15.9. The lowest BCUT2D eigenvalue weighted by Crippen LogP contribution is -2.39. The van der Waals surface area contributed by atoms with Crippen molar-refractivity contribution in [2.75, 3.05) is 26.9 Å². The summed E-state index contributed by atoms with van der Waals surface area (Å²) >= 11 is 0. The van der Waals surface area contributed by atoms with E-state index >= 15 is 0 Å². The molecule has 0 aromatic heterocycles. The van der Waals surface area contributed by atoms with Crippen molar-refractivity contribution in [3.05, 3.63) is 0 Å². The van der Waals surface area contributed by atoms with E-state index in [-0.39, 0.29) is 5.60 Å². The molecule has 108 valence electrons. The molecule has 1 rings (SSSR count). The van der Waals surface area contributed by atoms with Gasteiger partial charge in [0.05, 0.1) is 5.60 Å². The lowest BCUT2D eigenvalue weighted by Gasteiger charge is -2.32. The molecule has 0 aliphatic carbocycles. The van der Waals surface area contributed by atoms with Gasteiger partial charge < -0.3 is 14.8 Å². The number of rotatable bonds is 8. The molecule has 1 saturated heterocycles. The van der Waals surface area contributed by atoms with Crippen LogP contribution in [-0.4, -0.2) is 38.5 Å². The van der Waals surface area contributed by atoms with Crippen molar-refractivity contribution in [2.45, 2.75) is 64.5 Å². The van der Waals surface area contributed by atoms with E-state index in [1.807, 2.05) is 7.11 Å². The summed E-state index contributed by atoms with van der Waals surface area (Å²) in [6, 6.07) is 0.572. The number of ether oxygens (including phenoxy) is 2. The minimum Gasteiger partial charge on any atom is -0.381 e. The Kier molecular flexibility index (Phi) is 7.20. The summed E-state index contributed by atoms with van der Waals surface area (Å²) in [5.74, 6) is 0.820. The zero-order valence-electron chi connectivity index (χ0n) is 12.6. The largest absolute Gasteiger partial charge is 0.381 e. The van der Waals surface area contributed by atoms with E-state index in [4.69, 9.17) is 9.47 Å². The van der Waals surface area contributed by atoms with Crippen LogP contribution in [0.2, 0.25) is 0 Å². The van der Waals surface area contributed by atoms with Crippen molar-refractivity contribution >= 4 is 0 Å². The minimum atomic E-state index is -0.0312. The quantitative estimate of drug-likeness (QED) is 0.725. The van der Waals surface area contributed by atoms with Crippen molar-refractivity contribution < 1.29 is 9.47 Å². The Hall–Kier alpha value is -0.120. The van der Waals surface area contributed by atoms with Gasteiger partial charge in [-0.15, -0.1) is 0 Å². The first-order valence-electron chi connectivity index (χ1n) is 7.43. The highest BCUT2D eigenvalue weighted by molar-refractivity contribution is 4.81. The Bertz CT molecular complexity index is 213. The lowest BCUT2D eigenvalue weighted by atomic mass is 9.87. The van der Waals surface area contributed by atoms with Gasteiger partial charge in [-0.25, -0.2) is 0 Å². The highest BCUT2D eigenvalue weighted by Crippen LogP contribution is 2.25. The molecule has 18 heavy (non-hydrogen) atoms. The van der Waals surface area contributed by atoms with E-state index in [2.05, 4.69) is 26.1 Å². The fourth-order valence-electron chi connectivity index (χ4n) is 2.65. The first-order valence-corrected chi connectivity index (χ1v) is 7.43. The van der Waals surface area contributed by atoms with Gasteiger partial charge in [0.1, 0.15) is 0 Å². The molecule has 1 fully saturated rings. The first-order chi connectivity index (χ1) is 8.57. The Morgan fingerprint density at radius 2 is 2.00 bits per heavy atom. The van der Waals surface area contributed by atoms with E-state index in [1.54, 1.807) is 0 Å². The second kappa shape index (κ2) is 8.13. The molecule has 0 bridgehead atoms.